The number of rotatable bonds is 6. The lowest BCUT2D eigenvalue weighted by molar-refractivity contribution is -0.116. The van der Waals surface area contributed by atoms with E-state index in [0.29, 0.717) is 11.2 Å². The summed E-state index contributed by atoms with van der Waals surface area (Å²) < 4.78 is 6.65. The Morgan fingerprint density at radius 2 is 1.83 bits per heavy atom. The maximum Gasteiger partial charge on any atom is 0.299 e. The van der Waals surface area contributed by atoms with Gasteiger partial charge in [0.15, 0.2) is 0 Å². The fraction of sp³-hybridized carbons (Fsp3) is 0.217. The third kappa shape index (κ3) is 4.00. The third-order valence-electron chi connectivity index (χ3n) is 5.00. The average molecular weight is 402 g/mol. The molecule has 4 aromatic rings. The standard InChI is InChI=1S/C23H22N4O3/c1-3-16-6-10-18(11-7-16)25-19(28)12-13-27-14-24-21-20(26-30-22(21)23(27)29)17-8-4-15(2)5-9-17/h4-11,14H,3,12-13H2,1-2H3,(H,25,28). The van der Waals surface area contributed by atoms with Gasteiger partial charge in [-0.15, -0.1) is 0 Å². The number of aromatic nitrogens is 3. The molecule has 2 aromatic carbocycles. The molecule has 2 aromatic heterocycles. The number of hydrogen-bond acceptors (Lipinski definition) is 5. The Balaban J connectivity index is 1.48. The van der Waals surface area contributed by atoms with Crippen molar-refractivity contribution in [1.82, 2.24) is 14.7 Å². The molecule has 0 aliphatic rings. The van der Waals surface area contributed by atoms with E-state index in [9.17, 15) is 9.59 Å². The number of amides is 1. The fourth-order valence-corrected chi connectivity index (χ4v) is 3.19. The van der Waals surface area contributed by atoms with Gasteiger partial charge in [-0.3, -0.25) is 14.2 Å². The normalized spacial score (nSPS) is 11.0. The van der Waals surface area contributed by atoms with E-state index in [-0.39, 0.29) is 30.0 Å². The molecule has 0 fully saturated rings. The van der Waals surface area contributed by atoms with Crippen molar-refractivity contribution >= 4 is 22.7 Å². The summed E-state index contributed by atoms with van der Waals surface area (Å²) in [6, 6.07) is 15.5. The first kappa shape index (κ1) is 19.6. The Bertz CT molecular complexity index is 1240. The third-order valence-corrected chi connectivity index (χ3v) is 5.00. The number of carbonyl (C=O) groups is 1. The number of benzene rings is 2. The Kier molecular flexibility index (Phi) is 5.43. The van der Waals surface area contributed by atoms with E-state index < -0.39 is 0 Å². The molecule has 0 aliphatic carbocycles. The lowest BCUT2D eigenvalue weighted by Gasteiger charge is -2.07. The molecule has 30 heavy (non-hydrogen) atoms. The summed E-state index contributed by atoms with van der Waals surface area (Å²) >= 11 is 0. The van der Waals surface area contributed by atoms with Crippen LogP contribution in [-0.4, -0.2) is 20.6 Å². The predicted molar refractivity (Wildman–Crippen MR) is 115 cm³/mol. The first-order chi connectivity index (χ1) is 14.5. The van der Waals surface area contributed by atoms with Crippen molar-refractivity contribution in [1.29, 1.82) is 0 Å². The second kappa shape index (κ2) is 8.32. The summed E-state index contributed by atoms with van der Waals surface area (Å²) in [7, 11) is 0. The minimum absolute atomic E-state index is 0.0867. The van der Waals surface area contributed by atoms with Gasteiger partial charge < -0.3 is 9.84 Å². The molecule has 7 heteroatoms. The van der Waals surface area contributed by atoms with Crippen molar-refractivity contribution in [2.75, 3.05) is 5.32 Å². The number of fused-ring (bicyclic) bond motifs is 1. The molecule has 0 aliphatic heterocycles. The van der Waals surface area contributed by atoms with E-state index >= 15 is 0 Å². The Labute approximate surface area is 173 Å². The van der Waals surface area contributed by atoms with Crippen molar-refractivity contribution in [3.05, 3.63) is 76.3 Å². The van der Waals surface area contributed by atoms with Crippen molar-refractivity contribution in [2.45, 2.75) is 33.2 Å². The van der Waals surface area contributed by atoms with Crippen LogP contribution >= 0.6 is 0 Å². The molecule has 0 atom stereocenters. The van der Waals surface area contributed by atoms with Crippen LogP contribution in [0.4, 0.5) is 5.69 Å². The Morgan fingerprint density at radius 1 is 1.10 bits per heavy atom. The van der Waals surface area contributed by atoms with E-state index in [1.54, 1.807) is 0 Å². The molecule has 0 bridgehead atoms. The molecular formula is C23H22N4O3. The summed E-state index contributed by atoms with van der Waals surface area (Å²) in [6.07, 6.45) is 2.52. The zero-order valence-electron chi connectivity index (χ0n) is 16.9. The van der Waals surface area contributed by atoms with Gasteiger partial charge >= 0.3 is 0 Å². The molecule has 0 spiro atoms. The molecule has 4 rings (SSSR count). The summed E-state index contributed by atoms with van der Waals surface area (Å²) in [5, 5.41) is 6.87. The zero-order chi connectivity index (χ0) is 21.1. The van der Waals surface area contributed by atoms with Crippen LogP contribution in [0.5, 0.6) is 0 Å². The number of aryl methyl sites for hydroxylation is 3. The molecule has 0 radical (unpaired) electrons. The Morgan fingerprint density at radius 3 is 2.53 bits per heavy atom. The van der Waals surface area contributed by atoms with Gasteiger partial charge in [0.1, 0.15) is 11.2 Å². The fourth-order valence-electron chi connectivity index (χ4n) is 3.19. The van der Waals surface area contributed by atoms with Crippen molar-refractivity contribution < 1.29 is 9.32 Å². The summed E-state index contributed by atoms with van der Waals surface area (Å²) in [5.74, 6) is -0.177. The summed E-state index contributed by atoms with van der Waals surface area (Å²) in [4.78, 5) is 29.3. The van der Waals surface area contributed by atoms with Crippen LogP contribution in [-0.2, 0) is 17.8 Å². The summed E-state index contributed by atoms with van der Waals surface area (Å²) in [6.45, 7) is 4.27. The number of carbonyl (C=O) groups excluding carboxylic acids is 1. The number of nitrogens with one attached hydrogen (secondary N) is 1. The molecule has 1 N–H and O–H groups in total. The van der Waals surface area contributed by atoms with Gasteiger partial charge in [0.2, 0.25) is 5.91 Å². The minimum atomic E-state index is -0.356. The van der Waals surface area contributed by atoms with Gasteiger partial charge in [0.25, 0.3) is 11.1 Å². The van der Waals surface area contributed by atoms with Gasteiger partial charge in [0, 0.05) is 24.2 Å². The predicted octanol–water partition coefficient (Wildman–Crippen LogP) is 3.95. The van der Waals surface area contributed by atoms with E-state index in [2.05, 4.69) is 22.4 Å². The van der Waals surface area contributed by atoms with Gasteiger partial charge in [-0.25, -0.2) is 4.98 Å². The van der Waals surface area contributed by atoms with Gasteiger partial charge in [-0.1, -0.05) is 54.0 Å². The van der Waals surface area contributed by atoms with Crippen LogP contribution in [0, 0.1) is 6.92 Å². The topological polar surface area (TPSA) is 90.0 Å². The van der Waals surface area contributed by atoms with E-state index in [0.717, 1.165) is 23.2 Å². The van der Waals surface area contributed by atoms with Crippen LogP contribution < -0.4 is 10.9 Å². The van der Waals surface area contributed by atoms with Crippen molar-refractivity contribution in [3.63, 3.8) is 0 Å². The quantitative estimate of drug-likeness (QED) is 0.527. The van der Waals surface area contributed by atoms with Crippen LogP contribution in [0.2, 0.25) is 0 Å². The molecule has 1 amide bonds. The smallest absolute Gasteiger partial charge is 0.299 e. The van der Waals surface area contributed by atoms with Gasteiger partial charge in [-0.2, -0.15) is 0 Å². The highest BCUT2D eigenvalue weighted by atomic mass is 16.5. The number of anilines is 1. The maximum atomic E-state index is 12.7. The van der Waals surface area contributed by atoms with Gasteiger partial charge in [-0.05, 0) is 31.0 Å². The molecule has 152 valence electrons. The van der Waals surface area contributed by atoms with E-state index in [1.165, 1.54) is 16.5 Å². The first-order valence-electron chi connectivity index (χ1n) is 9.86. The number of hydrogen-bond donors (Lipinski definition) is 1. The van der Waals surface area contributed by atoms with Crippen LogP contribution in [0.3, 0.4) is 0 Å². The van der Waals surface area contributed by atoms with Crippen LogP contribution in [0.1, 0.15) is 24.5 Å². The molecule has 2 heterocycles. The maximum absolute atomic E-state index is 12.7. The monoisotopic (exact) mass is 402 g/mol. The number of nitrogens with zero attached hydrogens (tertiary/aromatic N) is 3. The highest BCUT2D eigenvalue weighted by molar-refractivity contribution is 5.90. The first-order valence-corrected chi connectivity index (χ1v) is 9.86. The second-order valence-electron chi connectivity index (χ2n) is 7.17. The van der Waals surface area contributed by atoms with Crippen molar-refractivity contribution in [3.8, 4) is 11.3 Å². The summed E-state index contributed by atoms with van der Waals surface area (Å²) in [5.41, 5.74) is 4.57. The van der Waals surface area contributed by atoms with E-state index in [1.807, 2.05) is 55.5 Å². The minimum Gasteiger partial charge on any atom is -0.348 e. The van der Waals surface area contributed by atoms with E-state index in [4.69, 9.17) is 4.52 Å². The average Bonchev–Trinajstić information content (AvgIpc) is 3.19. The molecule has 0 unspecified atom stereocenters. The van der Waals surface area contributed by atoms with Crippen LogP contribution in [0.15, 0.2) is 64.2 Å². The van der Waals surface area contributed by atoms with Gasteiger partial charge in [0.05, 0.1) is 6.33 Å². The van der Waals surface area contributed by atoms with Crippen molar-refractivity contribution in [2.24, 2.45) is 0 Å². The molecule has 7 nitrogen and oxygen atoms in total. The zero-order valence-corrected chi connectivity index (χ0v) is 16.9. The highest BCUT2D eigenvalue weighted by Crippen LogP contribution is 2.24. The molecule has 0 saturated heterocycles. The lowest BCUT2D eigenvalue weighted by atomic mass is 10.1. The molecule has 0 saturated carbocycles. The lowest BCUT2D eigenvalue weighted by Crippen LogP contribution is -2.23. The largest absolute Gasteiger partial charge is 0.348 e. The van der Waals surface area contributed by atoms with Crippen LogP contribution in [0.25, 0.3) is 22.4 Å². The SMILES string of the molecule is CCc1ccc(NC(=O)CCn2cnc3c(-c4ccc(C)cc4)noc3c2=O)cc1. The Hall–Kier alpha value is -3.74. The second-order valence-corrected chi connectivity index (χ2v) is 7.17. The molecular weight excluding hydrogens is 380 g/mol. The highest BCUT2D eigenvalue weighted by Gasteiger charge is 2.16.